The Labute approximate surface area is 327 Å². The van der Waals surface area contributed by atoms with E-state index >= 15 is 0 Å². The third kappa shape index (κ3) is 4.96. The molecule has 3 nitrogen and oxygen atoms in total. The zero-order valence-electron chi connectivity index (χ0n) is 29.2. The molecule has 0 radical (unpaired) electrons. The second-order valence-electron chi connectivity index (χ2n) is 13.9. The summed E-state index contributed by atoms with van der Waals surface area (Å²) in [5.74, 6) is 0. The molecule has 0 aliphatic heterocycles. The number of hydrogen-bond donors (Lipinski definition) is 0. The number of aromatic nitrogens is 1. The SMILES string of the molecule is c1ccc(-c2nc3c(ccc4oc5ccc(-c6ccc(N(c7ccc8sc9ccccc9c8c7)c7ccc8sc9ccccc9c8c7)cc6)cc5c43)s2)cc1. The molecule has 0 N–H and O–H groups in total. The van der Waals surface area contributed by atoms with Gasteiger partial charge >= 0.3 is 0 Å². The van der Waals surface area contributed by atoms with Crippen LogP contribution in [0.5, 0.6) is 0 Å². The Bertz CT molecular complexity index is 3330. The zero-order chi connectivity index (χ0) is 36.0. The van der Waals surface area contributed by atoms with Gasteiger partial charge in [0.15, 0.2) is 0 Å². The van der Waals surface area contributed by atoms with Crippen LogP contribution in [0.2, 0.25) is 0 Å². The molecule has 6 heteroatoms. The highest BCUT2D eigenvalue weighted by atomic mass is 32.1. The minimum Gasteiger partial charge on any atom is -0.456 e. The Morgan fingerprint density at radius 2 is 0.945 bits per heavy atom. The van der Waals surface area contributed by atoms with Gasteiger partial charge in [-0.15, -0.1) is 34.0 Å². The van der Waals surface area contributed by atoms with Crippen molar-refractivity contribution in [2.24, 2.45) is 0 Å². The summed E-state index contributed by atoms with van der Waals surface area (Å²) in [7, 11) is 0. The van der Waals surface area contributed by atoms with Crippen LogP contribution >= 0.6 is 34.0 Å². The predicted molar refractivity (Wildman–Crippen MR) is 238 cm³/mol. The highest BCUT2D eigenvalue weighted by Crippen LogP contribution is 2.44. The van der Waals surface area contributed by atoms with E-state index < -0.39 is 0 Å². The summed E-state index contributed by atoms with van der Waals surface area (Å²) >= 11 is 5.43. The molecule has 0 spiro atoms. The van der Waals surface area contributed by atoms with Gasteiger partial charge in [0.1, 0.15) is 16.2 Å². The lowest BCUT2D eigenvalue weighted by molar-refractivity contribution is 0.669. The molecule has 0 atom stereocenters. The van der Waals surface area contributed by atoms with Gasteiger partial charge in [-0.25, -0.2) is 4.98 Å². The van der Waals surface area contributed by atoms with Gasteiger partial charge in [-0.1, -0.05) is 84.9 Å². The molecule has 55 heavy (non-hydrogen) atoms. The first-order chi connectivity index (χ1) is 27.2. The number of rotatable bonds is 5. The molecule has 4 aromatic heterocycles. The van der Waals surface area contributed by atoms with Crippen LogP contribution in [0.1, 0.15) is 0 Å². The second kappa shape index (κ2) is 12.1. The molecule has 12 rings (SSSR count). The summed E-state index contributed by atoms with van der Waals surface area (Å²) in [5.41, 5.74) is 9.52. The fourth-order valence-corrected chi connectivity index (χ4v) is 11.2. The van der Waals surface area contributed by atoms with E-state index in [2.05, 4.69) is 169 Å². The molecule has 0 amide bonds. The van der Waals surface area contributed by atoms with Crippen LogP contribution in [0.25, 0.3) is 94.2 Å². The fraction of sp³-hybridized carbons (Fsp3) is 0. The van der Waals surface area contributed by atoms with Gasteiger partial charge < -0.3 is 9.32 Å². The molecule has 8 aromatic carbocycles. The van der Waals surface area contributed by atoms with Gasteiger partial charge in [0, 0.05) is 68.4 Å². The average Bonchev–Trinajstić information content (AvgIpc) is 4.02. The predicted octanol–water partition coefficient (Wildman–Crippen LogP) is 15.7. The van der Waals surface area contributed by atoms with Gasteiger partial charge in [-0.2, -0.15) is 0 Å². The van der Waals surface area contributed by atoms with E-state index in [0.29, 0.717) is 0 Å². The Balaban J connectivity index is 0.989. The molecule has 4 heterocycles. The molecule has 0 aliphatic rings. The first-order valence-electron chi connectivity index (χ1n) is 18.3. The Morgan fingerprint density at radius 3 is 1.64 bits per heavy atom. The lowest BCUT2D eigenvalue weighted by Crippen LogP contribution is -2.09. The van der Waals surface area contributed by atoms with E-state index in [-0.39, 0.29) is 0 Å². The lowest BCUT2D eigenvalue weighted by atomic mass is 10.0. The van der Waals surface area contributed by atoms with Gasteiger partial charge in [-0.3, -0.25) is 0 Å². The van der Waals surface area contributed by atoms with Crippen LogP contribution in [-0.4, -0.2) is 4.98 Å². The molecule has 12 aromatic rings. The van der Waals surface area contributed by atoms with E-state index in [1.165, 1.54) is 40.3 Å². The summed E-state index contributed by atoms with van der Waals surface area (Å²) in [6, 6.07) is 61.4. The Hall–Kier alpha value is -6.31. The van der Waals surface area contributed by atoms with Crippen LogP contribution in [0.3, 0.4) is 0 Å². The number of thiophene rings is 2. The van der Waals surface area contributed by atoms with Crippen LogP contribution in [0.4, 0.5) is 17.1 Å². The number of thiazole rings is 1. The van der Waals surface area contributed by atoms with Crippen LogP contribution < -0.4 is 4.90 Å². The largest absolute Gasteiger partial charge is 0.456 e. The standard InChI is InChI=1S/C49H28N2OS3/c1-2-8-30(9-3-1)49-50-48-46(55-49)25-22-41-47(48)39-26-31(16-21-40(39)52-41)29-14-17-32(18-15-29)51(33-19-23-44-37(27-33)35-10-4-6-12-42(35)53-44)34-20-24-45-38(28-34)36-11-5-7-13-43(36)54-45/h1-28H. The molecule has 0 fully saturated rings. The third-order valence-electron chi connectivity index (χ3n) is 10.7. The number of furan rings is 1. The summed E-state index contributed by atoms with van der Waals surface area (Å²) in [6.07, 6.45) is 0. The van der Waals surface area contributed by atoms with Crippen molar-refractivity contribution in [3.8, 4) is 21.7 Å². The average molecular weight is 757 g/mol. The maximum absolute atomic E-state index is 6.38. The van der Waals surface area contributed by atoms with Crippen molar-refractivity contribution in [1.82, 2.24) is 4.98 Å². The summed E-state index contributed by atoms with van der Waals surface area (Å²) in [4.78, 5) is 7.54. The summed E-state index contributed by atoms with van der Waals surface area (Å²) in [6.45, 7) is 0. The maximum Gasteiger partial charge on any atom is 0.137 e. The van der Waals surface area contributed by atoms with Crippen LogP contribution in [-0.2, 0) is 0 Å². The van der Waals surface area contributed by atoms with E-state index in [1.807, 2.05) is 28.7 Å². The number of benzene rings is 8. The molecule has 0 unspecified atom stereocenters. The van der Waals surface area contributed by atoms with Crippen LogP contribution in [0.15, 0.2) is 174 Å². The quantitative estimate of drug-likeness (QED) is 0.175. The maximum atomic E-state index is 6.38. The third-order valence-corrected chi connectivity index (χ3v) is 14.1. The molecule has 258 valence electrons. The number of fused-ring (bicyclic) bond motifs is 11. The minimum absolute atomic E-state index is 0.862. The smallest absolute Gasteiger partial charge is 0.137 e. The zero-order valence-corrected chi connectivity index (χ0v) is 31.6. The van der Waals surface area contributed by atoms with E-state index in [1.54, 1.807) is 11.3 Å². The van der Waals surface area contributed by atoms with Gasteiger partial charge in [0.25, 0.3) is 0 Å². The van der Waals surface area contributed by atoms with Crippen molar-refractivity contribution >= 4 is 124 Å². The number of nitrogens with zero attached hydrogens (tertiary/aromatic N) is 2. The number of anilines is 3. The van der Waals surface area contributed by atoms with Gasteiger partial charge in [0.2, 0.25) is 0 Å². The first kappa shape index (κ1) is 31.1. The highest BCUT2D eigenvalue weighted by Gasteiger charge is 2.19. The van der Waals surface area contributed by atoms with Crippen molar-refractivity contribution in [3.05, 3.63) is 170 Å². The Kier molecular flexibility index (Phi) is 6.84. The van der Waals surface area contributed by atoms with Crippen molar-refractivity contribution in [2.75, 3.05) is 4.90 Å². The topological polar surface area (TPSA) is 29.3 Å². The Morgan fingerprint density at radius 1 is 0.382 bits per heavy atom. The van der Waals surface area contributed by atoms with E-state index in [4.69, 9.17) is 9.40 Å². The second-order valence-corrected chi connectivity index (χ2v) is 17.1. The molecular weight excluding hydrogens is 729 g/mol. The lowest BCUT2D eigenvalue weighted by Gasteiger charge is -2.26. The number of hydrogen-bond acceptors (Lipinski definition) is 6. The summed E-state index contributed by atoms with van der Waals surface area (Å²) in [5, 5.41) is 8.34. The normalized spacial score (nSPS) is 12.0. The van der Waals surface area contributed by atoms with E-state index in [9.17, 15) is 0 Å². The van der Waals surface area contributed by atoms with Crippen molar-refractivity contribution < 1.29 is 4.42 Å². The fourth-order valence-electron chi connectivity index (χ4n) is 8.09. The van der Waals surface area contributed by atoms with Gasteiger partial charge in [-0.05, 0) is 96.1 Å². The molecule has 0 saturated heterocycles. The minimum atomic E-state index is 0.862. The monoisotopic (exact) mass is 756 g/mol. The van der Waals surface area contributed by atoms with Crippen LogP contribution in [0, 0.1) is 0 Å². The van der Waals surface area contributed by atoms with Gasteiger partial charge in [0.05, 0.1) is 15.6 Å². The summed E-state index contributed by atoms with van der Waals surface area (Å²) < 4.78 is 12.8. The molecule has 0 bridgehead atoms. The van der Waals surface area contributed by atoms with E-state index in [0.717, 1.165) is 70.9 Å². The molecule has 0 saturated carbocycles. The highest BCUT2D eigenvalue weighted by molar-refractivity contribution is 7.26. The van der Waals surface area contributed by atoms with Crippen molar-refractivity contribution in [2.45, 2.75) is 0 Å². The first-order valence-corrected chi connectivity index (χ1v) is 20.7. The molecule has 0 aliphatic carbocycles. The molecular formula is C49H28N2OS3. The van der Waals surface area contributed by atoms with Crippen molar-refractivity contribution in [3.63, 3.8) is 0 Å². The van der Waals surface area contributed by atoms with Crippen molar-refractivity contribution in [1.29, 1.82) is 0 Å².